The zero-order chi connectivity index (χ0) is 13.8. The van der Waals surface area contributed by atoms with Crippen LogP contribution >= 0.6 is 15.9 Å². The van der Waals surface area contributed by atoms with E-state index in [1.54, 1.807) is 0 Å². The minimum absolute atomic E-state index is 0.206. The number of piperidine rings is 1. The van der Waals surface area contributed by atoms with Gasteiger partial charge in [0.2, 0.25) is 0 Å². The summed E-state index contributed by atoms with van der Waals surface area (Å²) in [4.78, 5) is 14.9. The largest absolute Gasteiger partial charge is 0.336 e. The van der Waals surface area contributed by atoms with Crippen LogP contribution in [0.5, 0.6) is 0 Å². The van der Waals surface area contributed by atoms with Crippen LogP contribution in [0.25, 0.3) is 0 Å². The molecule has 19 heavy (non-hydrogen) atoms. The van der Waals surface area contributed by atoms with Crippen molar-refractivity contribution in [3.8, 4) is 0 Å². The fraction of sp³-hybridized carbons (Fsp3) is 0.562. The van der Waals surface area contributed by atoms with Crippen molar-refractivity contribution >= 4 is 21.8 Å². The molecule has 0 N–H and O–H groups in total. The molecule has 1 unspecified atom stereocenters. The molecule has 0 aliphatic carbocycles. The molecule has 1 heterocycles. The van der Waals surface area contributed by atoms with Crippen LogP contribution in [0.3, 0.4) is 0 Å². The van der Waals surface area contributed by atoms with E-state index in [0.29, 0.717) is 6.04 Å². The normalized spacial score (nSPS) is 19.5. The smallest absolute Gasteiger partial charge is 0.254 e. The Morgan fingerprint density at radius 3 is 2.95 bits per heavy atom. The van der Waals surface area contributed by atoms with Crippen LogP contribution in [-0.4, -0.2) is 23.4 Å². The summed E-state index contributed by atoms with van der Waals surface area (Å²) in [6.07, 6.45) is 5.82. The summed E-state index contributed by atoms with van der Waals surface area (Å²) < 4.78 is 0.977. The van der Waals surface area contributed by atoms with Crippen molar-refractivity contribution in [1.29, 1.82) is 0 Å². The average Bonchev–Trinajstić information content (AvgIpc) is 2.42. The van der Waals surface area contributed by atoms with E-state index < -0.39 is 0 Å². The molecule has 1 aromatic rings. The molecule has 1 aromatic carbocycles. The van der Waals surface area contributed by atoms with Gasteiger partial charge in [0.25, 0.3) is 5.91 Å². The predicted molar refractivity (Wildman–Crippen MR) is 82.5 cm³/mol. The van der Waals surface area contributed by atoms with Gasteiger partial charge in [0.1, 0.15) is 0 Å². The lowest BCUT2D eigenvalue weighted by molar-refractivity contribution is 0.0600. The lowest BCUT2D eigenvalue weighted by Gasteiger charge is -2.36. The molecule has 1 saturated heterocycles. The first-order valence-electron chi connectivity index (χ1n) is 7.20. The van der Waals surface area contributed by atoms with Gasteiger partial charge in [-0.15, -0.1) is 0 Å². The Labute approximate surface area is 124 Å². The van der Waals surface area contributed by atoms with E-state index in [0.717, 1.165) is 47.8 Å². The van der Waals surface area contributed by atoms with Gasteiger partial charge in [-0.2, -0.15) is 0 Å². The van der Waals surface area contributed by atoms with Gasteiger partial charge < -0.3 is 4.90 Å². The highest BCUT2D eigenvalue weighted by Crippen LogP contribution is 2.25. The number of benzene rings is 1. The van der Waals surface area contributed by atoms with E-state index in [1.165, 1.54) is 6.42 Å². The maximum Gasteiger partial charge on any atom is 0.254 e. The minimum Gasteiger partial charge on any atom is -0.336 e. The summed E-state index contributed by atoms with van der Waals surface area (Å²) in [7, 11) is 0. The number of likely N-dealkylation sites (tertiary alicyclic amines) is 1. The molecule has 1 amide bonds. The van der Waals surface area contributed by atoms with E-state index in [4.69, 9.17) is 0 Å². The molecule has 0 spiro atoms. The fourth-order valence-corrected chi connectivity index (χ4v) is 3.24. The second kappa shape index (κ2) is 6.56. The number of rotatable bonds is 3. The van der Waals surface area contributed by atoms with Gasteiger partial charge in [-0.05, 0) is 50.3 Å². The summed E-state index contributed by atoms with van der Waals surface area (Å²) in [5.74, 6) is 0.206. The first kappa shape index (κ1) is 14.6. The summed E-state index contributed by atoms with van der Waals surface area (Å²) in [5.41, 5.74) is 1.91. The van der Waals surface area contributed by atoms with Gasteiger partial charge in [0.05, 0.1) is 0 Å². The summed E-state index contributed by atoms with van der Waals surface area (Å²) in [6.45, 7) is 5.12. The summed E-state index contributed by atoms with van der Waals surface area (Å²) in [6, 6.07) is 6.39. The van der Waals surface area contributed by atoms with Gasteiger partial charge in [-0.1, -0.05) is 35.3 Å². The lowest BCUT2D eigenvalue weighted by atomic mass is 9.96. The number of hydrogen-bond donors (Lipinski definition) is 0. The van der Waals surface area contributed by atoms with Gasteiger partial charge in [-0.3, -0.25) is 4.79 Å². The Kier molecular flexibility index (Phi) is 5.03. The second-order valence-electron chi connectivity index (χ2n) is 5.40. The Bertz CT molecular complexity index is 456. The minimum atomic E-state index is 0.206. The van der Waals surface area contributed by atoms with E-state index in [9.17, 15) is 4.79 Å². The first-order chi connectivity index (χ1) is 9.13. The van der Waals surface area contributed by atoms with Crippen molar-refractivity contribution in [2.45, 2.75) is 52.0 Å². The van der Waals surface area contributed by atoms with Crippen LogP contribution in [0.4, 0.5) is 0 Å². The van der Waals surface area contributed by atoms with Crippen LogP contribution in [0, 0.1) is 6.92 Å². The molecular formula is C16H22BrNO. The first-order valence-corrected chi connectivity index (χ1v) is 8.00. The molecule has 0 bridgehead atoms. The van der Waals surface area contributed by atoms with Crippen LogP contribution in [0.15, 0.2) is 22.7 Å². The highest BCUT2D eigenvalue weighted by molar-refractivity contribution is 9.10. The van der Waals surface area contributed by atoms with E-state index in [-0.39, 0.29) is 5.91 Å². The number of aryl methyl sites for hydroxylation is 1. The van der Waals surface area contributed by atoms with E-state index in [2.05, 4.69) is 27.8 Å². The SMILES string of the molecule is CCCC1CCCCN1C(=O)c1cc(Br)ccc1C. The van der Waals surface area contributed by atoms with Gasteiger partial charge in [-0.25, -0.2) is 0 Å². The third-order valence-electron chi connectivity index (χ3n) is 3.94. The van der Waals surface area contributed by atoms with E-state index in [1.807, 2.05) is 25.1 Å². The molecular weight excluding hydrogens is 302 g/mol. The second-order valence-corrected chi connectivity index (χ2v) is 6.31. The third kappa shape index (κ3) is 3.38. The molecule has 1 aliphatic heterocycles. The Morgan fingerprint density at radius 2 is 2.21 bits per heavy atom. The van der Waals surface area contributed by atoms with Crippen LogP contribution in [0.1, 0.15) is 54.9 Å². The van der Waals surface area contributed by atoms with Crippen LogP contribution in [-0.2, 0) is 0 Å². The highest BCUT2D eigenvalue weighted by atomic mass is 79.9. The lowest BCUT2D eigenvalue weighted by Crippen LogP contribution is -2.43. The standard InChI is InChI=1S/C16H22BrNO/c1-3-6-14-7-4-5-10-18(14)16(19)15-11-13(17)9-8-12(15)2/h8-9,11,14H,3-7,10H2,1-2H3. The molecule has 0 aromatic heterocycles. The molecule has 0 saturated carbocycles. The molecule has 3 heteroatoms. The number of carbonyl (C=O) groups excluding carboxylic acids is 1. The average molecular weight is 324 g/mol. The van der Waals surface area contributed by atoms with Crippen molar-refractivity contribution in [2.75, 3.05) is 6.54 Å². The Balaban J connectivity index is 2.23. The number of carbonyl (C=O) groups is 1. The summed E-state index contributed by atoms with van der Waals surface area (Å²) in [5, 5.41) is 0. The van der Waals surface area contributed by atoms with Crippen molar-refractivity contribution < 1.29 is 4.79 Å². The van der Waals surface area contributed by atoms with Crippen molar-refractivity contribution in [3.63, 3.8) is 0 Å². The van der Waals surface area contributed by atoms with Gasteiger partial charge in [0.15, 0.2) is 0 Å². The number of amides is 1. The molecule has 0 radical (unpaired) electrons. The molecule has 2 rings (SSSR count). The number of nitrogens with zero attached hydrogens (tertiary/aromatic N) is 1. The zero-order valence-electron chi connectivity index (χ0n) is 11.8. The third-order valence-corrected chi connectivity index (χ3v) is 4.43. The molecule has 1 atom stereocenters. The number of halogens is 1. The van der Waals surface area contributed by atoms with Crippen molar-refractivity contribution in [1.82, 2.24) is 4.90 Å². The maximum absolute atomic E-state index is 12.8. The maximum atomic E-state index is 12.8. The zero-order valence-corrected chi connectivity index (χ0v) is 13.4. The monoisotopic (exact) mass is 323 g/mol. The van der Waals surface area contributed by atoms with Crippen molar-refractivity contribution in [3.05, 3.63) is 33.8 Å². The Hall–Kier alpha value is -0.830. The molecule has 104 valence electrons. The van der Waals surface area contributed by atoms with E-state index >= 15 is 0 Å². The fourth-order valence-electron chi connectivity index (χ4n) is 2.88. The highest BCUT2D eigenvalue weighted by Gasteiger charge is 2.27. The quantitative estimate of drug-likeness (QED) is 0.798. The molecule has 1 fully saturated rings. The van der Waals surface area contributed by atoms with Gasteiger partial charge in [0, 0.05) is 22.6 Å². The number of hydrogen-bond acceptors (Lipinski definition) is 1. The molecule has 2 nitrogen and oxygen atoms in total. The predicted octanol–water partition coefficient (Wildman–Crippen LogP) is 4.55. The Morgan fingerprint density at radius 1 is 1.42 bits per heavy atom. The van der Waals surface area contributed by atoms with Crippen LogP contribution in [0.2, 0.25) is 0 Å². The topological polar surface area (TPSA) is 20.3 Å². The van der Waals surface area contributed by atoms with Gasteiger partial charge >= 0.3 is 0 Å². The van der Waals surface area contributed by atoms with Crippen LogP contribution < -0.4 is 0 Å². The molecule has 1 aliphatic rings. The summed E-state index contributed by atoms with van der Waals surface area (Å²) >= 11 is 3.46. The van der Waals surface area contributed by atoms with Crippen molar-refractivity contribution in [2.24, 2.45) is 0 Å².